The van der Waals surface area contributed by atoms with Crippen LogP contribution in [0.4, 0.5) is 0 Å². The standard InChI is InChI=1S/C18H28O2/c1-14(2)6-11-17(15-7-9-16(19)10-8-15)18(20)12-4-3-5-13-18/h7-10,14,17,19-20H,3-6,11-13H2,1-2H3. The molecule has 0 spiro atoms. The fraction of sp³-hybridized carbons (Fsp3) is 0.667. The van der Waals surface area contributed by atoms with Gasteiger partial charge < -0.3 is 10.2 Å². The lowest BCUT2D eigenvalue weighted by Gasteiger charge is -2.40. The van der Waals surface area contributed by atoms with Gasteiger partial charge in [-0.15, -0.1) is 0 Å². The molecule has 0 heterocycles. The number of hydrogen-bond acceptors (Lipinski definition) is 2. The molecule has 1 atom stereocenters. The van der Waals surface area contributed by atoms with Gasteiger partial charge >= 0.3 is 0 Å². The van der Waals surface area contributed by atoms with Crippen molar-refractivity contribution in [3.8, 4) is 5.75 Å². The topological polar surface area (TPSA) is 40.5 Å². The summed E-state index contributed by atoms with van der Waals surface area (Å²) >= 11 is 0. The van der Waals surface area contributed by atoms with Crippen molar-refractivity contribution in [1.82, 2.24) is 0 Å². The lowest BCUT2D eigenvalue weighted by atomic mass is 9.70. The molecule has 112 valence electrons. The first-order valence-corrected chi connectivity index (χ1v) is 8.02. The van der Waals surface area contributed by atoms with Crippen molar-refractivity contribution in [2.75, 3.05) is 0 Å². The first-order chi connectivity index (χ1) is 9.51. The molecule has 1 aliphatic carbocycles. The summed E-state index contributed by atoms with van der Waals surface area (Å²) in [5, 5.41) is 20.6. The average Bonchev–Trinajstić information content (AvgIpc) is 2.41. The van der Waals surface area contributed by atoms with E-state index in [1.54, 1.807) is 12.1 Å². The number of rotatable bonds is 5. The van der Waals surface area contributed by atoms with Gasteiger partial charge in [-0.25, -0.2) is 0 Å². The Labute approximate surface area is 122 Å². The molecule has 0 aromatic heterocycles. The number of phenols is 1. The molecule has 0 radical (unpaired) electrons. The second-order valence-corrected chi connectivity index (χ2v) is 6.78. The number of aromatic hydroxyl groups is 1. The van der Waals surface area contributed by atoms with E-state index in [-0.39, 0.29) is 5.92 Å². The Morgan fingerprint density at radius 3 is 2.15 bits per heavy atom. The van der Waals surface area contributed by atoms with Crippen LogP contribution in [0.3, 0.4) is 0 Å². The molecule has 2 nitrogen and oxygen atoms in total. The Kier molecular flexibility index (Phi) is 5.09. The van der Waals surface area contributed by atoms with E-state index in [1.807, 2.05) is 12.1 Å². The lowest BCUT2D eigenvalue weighted by molar-refractivity contribution is -0.0253. The van der Waals surface area contributed by atoms with Crippen molar-refractivity contribution in [2.45, 2.75) is 70.3 Å². The summed E-state index contributed by atoms with van der Waals surface area (Å²) in [6, 6.07) is 7.44. The summed E-state index contributed by atoms with van der Waals surface area (Å²) in [4.78, 5) is 0. The minimum absolute atomic E-state index is 0.200. The van der Waals surface area contributed by atoms with E-state index in [0.717, 1.165) is 38.5 Å². The highest BCUT2D eigenvalue weighted by atomic mass is 16.3. The monoisotopic (exact) mass is 276 g/mol. The molecule has 1 saturated carbocycles. The van der Waals surface area contributed by atoms with Crippen molar-refractivity contribution in [1.29, 1.82) is 0 Å². The van der Waals surface area contributed by atoms with E-state index in [0.29, 0.717) is 11.7 Å². The predicted octanol–water partition coefficient (Wildman–Crippen LogP) is 4.61. The van der Waals surface area contributed by atoms with Crippen LogP contribution in [-0.2, 0) is 0 Å². The number of aliphatic hydroxyl groups is 1. The molecule has 0 amide bonds. The highest BCUT2D eigenvalue weighted by Gasteiger charge is 2.38. The molecule has 0 bridgehead atoms. The van der Waals surface area contributed by atoms with Crippen LogP contribution in [0.2, 0.25) is 0 Å². The van der Waals surface area contributed by atoms with E-state index in [9.17, 15) is 10.2 Å². The summed E-state index contributed by atoms with van der Waals surface area (Å²) in [6.45, 7) is 4.47. The number of benzene rings is 1. The van der Waals surface area contributed by atoms with Crippen LogP contribution >= 0.6 is 0 Å². The van der Waals surface area contributed by atoms with Gasteiger partial charge in [-0.3, -0.25) is 0 Å². The largest absolute Gasteiger partial charge is 0.508 e. The average molecular weight is 276 g/mol. The van der Waals surface area contributed by atoms with Crippen LogP contribution < -0.4 is 0 Å². The molecule has 2 N–H and O–H groups in total. The van der Waals surface area contributed by atoms with Crippen LogP contribution in [0, 0.1) is 5.92 Å². The SMILES string of the molecule is CC(C)CCC(c1ccc(O)cc1)C1(O)CCCCC1. The van der Waals surface area contributed by atoms with Gasteiger partial charge in [0.05, 0.1) is 5.60 Å². The first-order valence-electron chi connectivity index (χ1n) is 8.02. The van der Waals surface area contributed by atoms with Crippen LogP contribution in [0.15, 0.2) is 24.3 Å². The van der Waals surface area contributed by atoms with Crippen LogP contribution in [-0.4, -0.2) is 15.8 Å². The second-order valence-electron chi connectivity index (χ2n) is 6.78. The third kappa shape index (κ3) is 3.76. The van der Waals surface area contributed by atoms with Crippen LogP contribution in [0.25, 0.3) is 0 Å². The van der Waals surface area contributed by atoms with Crippen LogP contribution in [0.1, 0.15) is 70.3 Å². The van der Waals surface area contributed by atoms with Gasteiger partial charge in [0.2, 0.25) is 0 Å². The Morgan fingerprint density at radius 2 is 1.60 bits per heavy atom. The maximum Gasteiger partial charge on any atom is 0.115 e. The van der Waals surface area contributed by atoms with E-state index < -0.39 is 5.60 Å². The molecule has 0 aliphatic heterocycles. The molecule has 1 aliphatic rings. The summed E-state index contributed by atoms with van der Waals surface area (Å²) < 4.78 is 0. The maximum absolute atomic E-state index is 11.1. The van der Waals surface area contributed by atoms with Crippen LogP contribution in [0.5, 0.6) is 5.75 Å². The molecule has 1 aromatic rings. The van der Waals surface area contributed by atoms with Gasteiger partial charge in [-0.1, -0.05) is 51.7 Å². The fourth-order valence-corrected chi connectivity index (χ4v) is 3.46. The van der Waals surface area contributed by atoms with E-state index in [2.05, 4.69) is 13.8 Å². The summed E-state index contributed by atoms with van der Waals surface area (Å²) in [5.74, 6) is 1.15. The van der Waals surface area contributed by atoms with Gasteiger partial charge in [0, 0.05) is 5.92 Å². The highest BCUT2D eigenvalue weighted by Crippen LogP contribution is 2.43. The third-order valence-electron chi connectivity index (χ3n) is 4.70. The molecule has 1 unspecified atom stereocenters. The normalized spacial score (nSPS) is 20.0. The number of phenolic OH excluding ortho intramolecular Hbond substituents is 1. The van der Waals surface area contributed by atoms with Crippen molar-refractivity contribution in [3.05, 3.63) is 29.8 Å². The lowest BCUT2D eigenvalue weighted by Crippen LogP contribution is -2.38. The molecule has 1 aromatic carbocycles. The smallest absolute Gasteiger partial charge is 0.115 e. The zero-order valence-corrected chi connectivity index (χ0v) is 12.8. The molecular formula is C18H28O2. The Morgan fingerprint density at radius 1 is 1.00 bits per heavy atom. The van der Waals surface area contributed by atoms with Crippen molar-refractivity contribution < 1.29 is 10.2 Å². The van der Waals surface area contributed by atoms with Gasteiger partial charge in [-0.05, 0) is 42.9 Å². The van der Waals surface area contributed by atoms with Gasteiger partial charge in [0.1, 0.15) is 5.75 Å². The zero-order valence-electron chi connectivity index (χ0n) is 12.8. The fourth-order valence-electron chi connectivity index (χ4n) is 3.46. The first kappa shape index (κ1) is 15.4. The Balaban J connectivity index is 2.21. The molecule has 20 heavy (non-hydrogen) atoms. The quantitative estimate of drug-likeness (QED) is 0.824. The minimum atomic E-state index is -0.551. The Bertz CT molecular complexity index is 402. The third-order valence-corrected chi connectivity index (χ3v) is 4.70. The number of hydrogen-bond donors (Lipinski definition) is 2. The van der Waals surface area contributed by atoms with Gasteiger partial charge in [0.25, 0.3) is 0 Å². The maximum atomic E-state index is 11.1. The van der Waals surface area contributed by atoms with Gasteiger partial charge in [-0.2, -0.15) is 0 Å². The van der Waals surface area contributed by atoms with Gasteiger partial charge in [0.15, 0.2) is 0 Å². The van der Waals surface area contributed by atoms with Crippen molar-refractivity contribution in [2.24, 2.45) is 5.92 Å². The van der Waals surface area contributed by atoms with E-state index >= 15 is 0 Å². The summed E-state index contributed by atoms with van der Waals surface area (Å²) in [6.07, 6.45) is 7.49. The molecule has 2 heteroatoms. The highest BCUT2D eigenvalue weighted by molar-refractivity contribution is 5.30. The molecular weight excluding hydrogens is 248 g/mol. The van der Waals surface area contributed by atoms with E-state index in [4.69, 9.17) is 0 Å². The minimum Gasteiger partial charge on any atom is -0.508 e. The summed E-state index contributed by atoms with van der Waals surface area (Å²) in [5.41, 5.74) is 0.622. The zero-order chi connectivity index (χ0) is 14.6. The van der Waals surface area contributed by atoms with Crippen molar-refractivity contribution in [3.63, 3.8) is 0 Å². The molecule has 0 saturated heterocycles. The Hall–Kier alpha value is -1.02. The van der Waals surface area contributed by atoms with Crippen molar-refractivity contribution >= 4 is 0 Å². The van der Waals surface area contributed by atoms with E-state index in [1.165, 1.54) is 12.0 Å². The predicted molar refractivity (Wildman–Crippen MR) is 83.0 cm³/mol. The molecule has 2 rings (SSSR count). The summed E-state index contributed by atoms with van der Waals surface area (Å²) in [7, 11) is 0. The molecule has 1 fully saturated rings. The second kappa shape index (κ2) is 6.62.